The van der Waals surface area contributed by atoms with Crippen molar-refractivity contribution in [3.8, 4) is 11.5 Å². The second-order valence-corrected chi connectivity index (χ2v) is 6.43. The summed E-state index contributed by atoms with van der Waals surface area (Å²) in [6.07, 6.45) is 1.60. The van der Waals surface area contributed by atoms with Crippen molar-refractivity contribution >= 4 is 5.91 Å². The SMILES string of the molecule is NC(=O)c1ccc(-c2nc(C3(c4ccccc4)CCOCC3)no2)cc1. The molecule has 1 amide bonds. The monoisotopic (exact) mass is 349 g/mol. The van der Waals surface area contributed by atoms with Crippen LogP contribution in [0.25, 0.3) is 11.5 Å². The van der Waals surface area contributed by atoms with Gasteiger partial charge in [0.25, 0.3) is 5.89 Å². The summed E-state index contributed by atoms with van der Waals surface area (Å²) in [5, 5.41) is 4.29. The first-order chi connectivity index (χ1) is 12.7. The molecule has 26 heavy (non-hydrogen) atoms. The lowest BCUT2D eigenvalue weighted by Crippen LogP contribution is -2.36. The zero-order chi connectivity index (χ0) is 18.0. The van der Waals surface area contributed by atoms with Crippen molar-refractivity contribution in [3.63, 3.8) is 0 Å². The standard InChI is InChI=1S/C20H19N3O3/c21-17(24)14-6-8-15(9-7-14)18-22-19(23-26-18)20(10-12-25-13-11-20)16-4-2-1-3-5-16/h1-9H,10-13H2,(H2,21,24). The highest BCUT2D eigenvalue weighted by atomic mass is 16.5. The van der Waals surface area contributed by atoms with Gasteiger partial charge in [-0.2, -0.15) is 4.98 Å². The van der Waals surface area contributed by atoms with Crippen LogP contribution in [0.2, 0.25) is 0 Å². The second-order valence-electron chi connectivity index (χ2n) is 6.43. The lowest BCUT2D eigenvalue weighted by Gasteiger charge is -2.34. The van der Waals surface area contributed by atoms with E-state index in [1.165, 1.54) is 5.56 Å². The van der Waals surface area contributed by atoms with Crippen molar-refractivity contribution in [1.29, 1.82) is 0 Å². The lowest BCUT2D eigenvalue weighted by molar-refractivity contribution is 0.0597. The number of amides is 1. The number of nitrogens with zero attached hydrogens (tertiary/aromatic N) is 2. The van der Waals surface area contributed by atoms with E-state index in [9.17, 15) is 4.79 Å². The lowest BCUT2D eigenvalue weighted by atomic mass is 9.73. The molecule has 1 aliphatic rings. The summed E-state index contributed by atoms with van der Waals surface area (Å²) in [4.78, 5) is 15.9. The Hall–Kier alpha value is -2.99. The third-order valence-electron chi connectivity index (χ3n) is 4.94. The van der Waals surface area contributed by atoms with Crippen LogP contribution in [0, 0.1) is 0 Å². The summed E-state index contributed by atoms with van der Waals surface area (Å²) >= 11 is 0. The van der Waals surface area contributed by atoms with Gasteiger partial charge in [-0.3, -0.25) is 4.79 Å². The fourth-order valence-corrected chi connectivity index (χ4v) is 3.43. The third-order valence-corrected chi connectivity index (χ3v) is 4.94. The van der Waals surface area contributed by atoms with Crippen LogP contribution in [0.15, 0.2) is 59.1 Å². The molecule has 4 rings (SSSR count). The van der Waals surface area contributed by atoms with Crippen LogP contribution in [-0.2, 0) is 10.2 Å². The fourth-order valence-electron chi connectivity index (χ4n) is 3.43. The van der Waals surface area contributed by atoms with Crippen molar-refractivity contribution < 1.29 is 14.1 Å². The minimum Gasteiger partial charge on any atom is -0.381 e. The number of benzene rings is 2. The molecule has 1 saturated heterocycles. The Balaban J connectivity index is 1.71. The van der Waals surface area contributed by atoms with Crippen molar-refractivity contribution in [3.05, 3.63) is 71.5 Å². The fraction of sp³-hybridized carbons (Fsp3) is 0.250. The maximum Gasteiger partial charge on any atom is 0.257 e. The van der Waals surface area contributed by atoms with E-state index in [-0.39, 0.29) is 5.41 Å². The normalized spacial score (nSPS) is 16.3. The van der Waals surface area contributed by atoms with Crippen LogP contribution in [0.1, 0.15) is 34.6 Å². The molecule has 2 N–H and O–H groups in total. The Labute approximate surface area is 151 Å². The predicted octanol–water partition coefficient (Wildman–Crippen LogP) is 2.93. The molecular formula is C20H19N3O3. The quantitative estimate of drug-likeness (QED) is 0.782. The van der Waals surface area contributed by atoms with Crippen molar-refractivity contribution in [2.45, 2.75) is 18.3 Å². The van der Waals surface area contributed by atoms with Crippen LogP contribution >= 0.6 is 0 Å². The number of carbonyl (C=O) groups is 1. The molecule has 0 bridgehead atoms. The molecule has 2 heterocycles. The van der Waals surface area contributed by atoms with E-state index in [1.54, 1.807) is 24.3 Å². The highest BCUT2D eigenvalue weighted by molar-refractivity contribution is 5.93. The van der Waals surface area contributed by atoms with Crippen LogP contribution < -0.4 is 5.73 Å². The number of nitrogens with two attached hydrogens (primary N) is 1. The summed E-state index contributed by atoms with van der Waals surface area (Å²) in [7, 11) is 0. The van der Waals surface area contributed by atoms with Gasteiger partial charge < -0.3 is 15.0 Å². The van der Waals surface area contributed by atoms with Crippen molar-refractivity contribution in [2.24, 2.45) is 5.73 Å². The maximum absolute atomic E-state index is 11.2. The molecule has 132 valence electrons. The Bertz CT molecular complexity index is 898. The Morgan fingerprint density at radius 1 is 1.00 bits per heavy atom. The third kappa shape index (κ3) is 2.88. The van der Waals surface area contributed by atoms with E-state index in [0.29, 0.717) is 30.5 Å². The van der Waals surface area contributed by atoms with Crippen LogP contribution in [0.5, 0.6) is 0 Å². The Kier molecular flexibility index (Phi) is 4.26. The molecule has 0 unspecified atom stereocenters. The first kappa shape index (κ1) is 16.5. The molecule has 0 atom stereocenters. The highest BCUT2D eigenvalue weighted by Gasteiger charge is 2.40. The highest BCUT2D eigenvalue weighted by Crippen LogP contribution is 2.40. The van der Waals surface area contributed by atoms with Crippen LogP contribution in [0.4, 0.5) is 0 Å². The summed E-state index contributed by atoms with van der Waals surface area (Å²) in [6, 6.07) is 17.1. The van der Waals surface area contributed by atoms with Crippen molar-refractivity contribution in [1.82, 2.24) is 10.1 Å². The summed E-state index contributed by atoms with van der Waals surface area (Å²) in [5.74, 6) is 0.631. The van der Waals surface area contributed by atoms with Crippen molar-refractivity contribution in [2.75, 3.05) is 13.2 Å². The Morgan fingerprint density at radius 3 is 2.35 bits per heavy atom. The molecule has 6 nitrogen and oxygen atoms in total. The van der Waals surface area contributed by atoms with Gasteiger partial charge in [-0.15, -0.1) is 0 Å². The van der Waals surface area contributed by atoms with Gasteiger partial charge in [0.1, 0.15) is 0 Å². The predicted molar refractivity (Wildman–Crippen MR) is 95.5 cm³/mol. The number of aromatic nitrogens is 2. The van der Waals surface area contributed by atoms with Gasteiger partial charge in [-0.05, 0) is 42.7 Å². The molecule has 2 aromatic carbocycles. The smallest absolute Gasteiger partial charge is 0.257 e. The molecule has 0 spiro atoms. The molecule has 0 saturated carbocycles. The second kappa shape index (κ2) is 6.72. The van der Waals surface area contributed by atoms with Crippen LogP contribution in [0.3, 0.4) is 0 Å². The van der Waals surface area contributed by atoms with E-state index in [2.05, 4.69) is 22.3 Å². The number of hydrogen-bond donors (Lipinski definition) is 1. The number of hydrogen-bond acceptors (Lipinski definition) is 5. The number of carbonyl (C=O) groups excluding carboxylic acids is 1. The van der Waals surface area contributed by atoms with E-state index >= 15 is 0 Å². The van der Waals surface area contributed by atoms with Gasteiger partial charge in [-0.1, -0.05) is 35.5 Å². The summed E-state index contributed by atoms with van der Waals surface area (Å²) in [6.45, 7) is 1.32. The van der Waals surface area contributed by atoms with Gasteiger partial charge in [-0.25, -0.2) is 0 Å². The molecule has 6 heteroatoms. The summed E-state index contributed by atoms with van der Waals surface area (Å²) < 4.78 is 11.1. The van der Waals surface area contributed by atoms with E-state index in [0.717, 1.165) is 18.4 Å². The van der Waals surface area contributed by atoms with Gasteiger partial charge in [0, 0.05) is 24.3 Å². The molecule has 0 radical (unpaired) electrons. The topological polar surface area (TPSA) is 91.2 Å². The largest absolute Gasteiger partial charge is 0.381 e. The first-order valence-corrected chi connectivity index (χ1v) is 8.57. The summed E-state index contributed by atoms with van der Waals surface area (Å²) in [5.41, 5.74) is 7.34. The minimum atomic E-state index is -0.465. The van der Waals surface area contributed by atoms with Gasteiger partial charge in [0.2, 0.25) is 5.91 Å². The first-order valence-electron chi connectivity index (χ1n) is 8.57. The average Bonchev–Trinajstić information content (AvgIpc) is 3.20. The molecule has 1 aromatic heterocycles. The average molecular weight is 349 g/mol. The van der Waals surface area contributed by atoms with E-state index in [1.807, 2.05) is 18.2 Å². The number of rotatable bonds is 4. The molecule has 1 fully saturated rings. The van der Waals surface area contributed by atoms with Gasteiger partial charge in [0.05, 0.1) is 5.41 Å². The molecule has 0 aliphatic carbocycles. The Morgan fingerprint density at radius 2 is 1.69 bits per heavy atom. The van der Waals surface area contributed by atoms with Crippen LogP contribution in [-0.4, -0.2) is 29.3 Å². The maximum atomic E-state index is 11.2. The molecular weight excluding hydrogens is 330 g/mol. The zero-order valence-electron chi connectivity index (χ0n) is 14.2. The minimum absolute atomic E-state index is 0.311. The van der Waals surface area contributed by atoms with E-state index in [4.69, 9.17) is 15.0 Å². The molecule has 1 aliphatic heterocycles. The zero-order valence-corrected chi connectivity index (χ0v) is 14.2. The van der Waals surface area contributed by atoms with Gasteiger partial charge in [0.15, 0.2) is 5.82 Å². The number of primary amides is 1. The van der Waals surface area contributed by atoms with Gasteiger partial charge >= 0.3 is 0 Å². The molecule has 3 aromatic rings. The number of ether oxygens (including phenoxy) is 1. The van der Waals surface area contributed by atoms with E-state index < -0.39 is 5.91 Å².